The van der Waals surface area contributed by atoms with E-state index in [1.807, 2.05) is 12.2 Å². The van der Waals surface area contributed by atoms with Crippen LogP contribution in [0.1, 0.15) is 74.9 Å². The highest BCUT2D eigenvalue weighted by molar-refractivity contribution is 5.80. The maximum Gasteiger partial charge on any atom is 0.309 e. The first-order valence-corrected chi connectivity index (χ1v) is 11.1. The lowest BCUT2D eigenvalue weighted by molar-refractivity contribution is -0.156. The van der Waals surface area contributed by atoms with E-state index in [1.54, 1.807) is 19.2 Å². The Morgan fingerprint density at radius 3 is 2.41 bits per heavy atom. The van der Waals surface area contributed by atoms with Gasteiger partial charge < -0.3 is 14.6 Å². The van der Waals surface area contributed by atoms with Crippen molar-refractivity contribution in [3.05, 3.63) is 58.7 Å². The third kappa shape index (κ3) is 5.43. The average Bonchev–Trinajstić information content (AvgIpc) is 2.72. The van der Waals surface area contributed by atoms with Crippen LogP contribution in [-0.2, 0) is 20.9 Å². The van der Waals surface area contributed by atoms with Crippen LogP contribution in [0.5, 0.6) is 0 Å². The number of benzene rings is 1. The maximum absolute atomic E-state index is 13.7. The monoisotopic (exact) mass is 441 g/mol. The molecule has 1 aromatic heterocycles. The SMILES string of the molecule is COCc1c(C(C)C)nc(C(C)C)c(/C=C/[C@@H]2C[C@@H](O)CC(=O)O2)c1-c1ccc(F)cc1. The summed E-state index contributed by atoms with van der Waals surface area (Å²) in [6.45, 7) is 8.72. The Morgan fingerprint density at radius 1 is 1.19 bits per heavy atom. The van der Waals surface area contributed by atoms with Crippen molar-refractivity contribution in [3.8, 4) is 11.1 Å². The molecular weight excluding hydrogens is 409 g/mol. The van der Waals surface area contributed by atoms with Crippen LogP contribution in [0, 0.1) is 5.82 Å². The van der Waals surface area contributed by atoms with E-state index in [0.717, 1.165) is 33.6 Å². The number of carbonyl (C=O) groups is 1. The molecular formula is C26H32FNO4. The van der Waals surface area contributed by atoms with Gasteiger partial charge >= 0.3 is 5.97 Å². The molecule has 5 nitrogen and oxygen atoms in total. The van der Waals surface area contributed by atoms with E-state index in [-0.39, 0.29) is 24.1 Å². The number of aliphatic hydroxyl groups is 1. The van der Waals surface area contributed by atoms with Gasteiger partial charge in [0.15, 0.2) is 0 Å². The Labute approximate surface area is 189 Å². The first kappa shape index (κ1) is 24.1. The topological polar surface area (TPSA) is 68.7 Å². The number of cyclic esters (lactones) is 1. The number of methoxy groups -OCH3 is 1. The molecule has 172 valence electrons. The first-order valence-electron chi connectivity index (χ1n) is 11.1. The minimum Gasteiger partial charge on any atom is -0.458 e. The predicted octanol–water partition coefficient (Wildman–Crippen LogP) is 5.36. The van der Waals surface area contributed by atoms with Crippen LogP contribution in [0.15, 0.2) is 30.3 Å². The van der Waals surface area contributed by atoms with Gasteiger partial charge in [-0.25, -0.2) is 4.39 Å². The molecule has 1 fully saturated rings. The lowest BCUT2D eigenvalue weighted by atomic mass is 9.87. The lowest BCUT2D eigenvalue weighted by Crippen LogP contribution is -2.31. The second-order valence-corrected chi connectivity index (χ2v) is 8.88. The van der Waals surface area contributed by atoms with Crippen LogP contribution in [0.3, 0.4) is 0 Å². The van der Waals surface area contributed by atoms with Gasteiger partial charge in [-0.2, -0.15) is 0 Å². The number of esters is 1. The zero-order valence-corrected chi connectivity index (χ0v) is 19.4. The van der Waals surface area contributed by atoms with Gasteiger partial charge in [-0.15, -0.1) is 0 Å². The number of aliphatic hydroxyl groups excluding tert-OH is 1. The summed E-state index contributed by atoms with van der Waals surface area (Å²) >= 11 is 0. The van der Waals surface area contributed by atoms with E-state index in [2.05, 4.69) is 27.7 Å². The number of hydrogen-bond acceptors (Lipinski definition) is 5. The molecule has 0 amide bonds. The van der Waals surface area contributed by atoms with Gasteiger partial charge in [0.2, 0.25) is 0 Å². The third-order valence-electron chi connectivity index (χ3n) is 5.58. The summed E-state index contributed by atoms with van der Waals surface area (Å²) in [5.41, 5.74) is 5.51. The maximum atomic E-state index is 13.7. The minimum absolute atomic E-state index is 0.0189. The molecule has 0 bridgehead atoms. The predicted molar refractivity (Wildman–Crippen MR) is 123 cm³/mol. The van der Waals surface area contributed by atoms with Gasteiger partial charge in [0, 0.05) is 30.4 Å². The fourth-order valence-corrected chi connectivity index (χ4v) is 4.13. The smallest absolute Gasteiger partial charge is 0.309 e. The molecule has 0 aliphatic carbocycles. The molecule has 1 aliphatic heterocycles. The molecule has 0 radical (unpaired) electrons. The number of aromatic nitrogens is 1. The molecule has 0 unspecified atom stereocenters. The van der Waals surface area contributed by atoms with Crippen molar-refractivity contribution in [3.63, 3.8) is 0 Å². The highest BCUT2D eigenvalue weighted by Gasteiger charge is 2.27. The van der Waals surface area contributed by atoms with Crippen LogP contribution in [0.2, 0.25) is 0 Å². The van der Waals surface area contributed by atoms with Crippen LogP contribution in [0.4, 0.5) is 4.39 Å². The molecule has 1 aliphatic rings. The summed E-state index contributed by atoms with van der Waals surface area (Å²) < 4.78 is 24.6. The first-order chi connectivity index (χ1) is 15.2. The summed E-state index contributed by atoms with van der Waals surface area (Å²) in [4.78, 5) is 16.8. The molecule has 0 spiro atoms. The second-order valence-electron chi connectivity index (χ2n) is 8.88. The van der Waals surface area contributed by atoms with E-state index in [1.165, 1.54) is 12.1 Å². The van der Waals surface area contributed by atoms with Crippen LogP contribution in [0.25, 0.3) is 17.2 Å². The van der Waals surface area contributed by atoms with E-state index in [9.17, 15) is 14.3 Å². The number of pyridine rings is 1. The van der Waals surface area contributed by atoms with E-state index in [0.29, 0.717) is 13.0 Å². The summed E-state index contributed by atoms with van der Waals surface area (Å²) in [5.74, 6) is -0.411. The average molecular weight is 442 g/mol. The van der Waals surface area contributed by atoms with Crippen molar-refractivity contribution in [1.29, 1.82) is 0 Å². The Balaban J connectivity index is 2.24. The largest absolute Gasteiger partial charge is 0.458 e. The Bertz CT molecular complexity index is 982. The number of hydrogen-bond donors (Lipinski definition) is 1. The molecule has 1 aromatic carbocycles. The number of rotatable bonds is 7. The molecule has 2 aromatic rings. The lowest BCUT2D eigenvalue weighted by Gasteiger charge is -2.25. The molecule has 1 N–H and O–H groups in total. The van der Waals surface area contributed by atoms with Crippen molar-refractivity contribution >= 4 is 12.0 Å². The van der Waals surface area contributed by atoms with E-state index < -0.39 is 18.2 Å². The second kappa shape index (κ2) is 10.4. The van der Waals surface area contributed by atoms with Crippen molar-refractivity contribution in [2.75, 3.05) is 7.11 Å². The fraction of sp³-hybridized carbons (Fsp3) is 0.462. The zero-order valence-electron chi connectivity index (χ0n) is 19.4. The number of carbonyl (C=O) groups excluding carboxylic acids is 1. The van der Waals surface area contributed by atoms with Gasteiger partial charge in [-0.05, 0) is 41.2 Å². The van der Waals surface area contributed by atoms with Crippen LogP contribution >= 0.6 is 0 Å². The van der Waals surface area contributed by atoms with Crippen molar-refractivity contribution in [2.24, 2.45) is 0 Å². The standard InChI is InChI=1S/C26H32FNO4/c1-15(2)25-21(11-10-20-12-19(29)13-23(30)32-20)24(17-6-8-18(27)9-7-17)22(14-31-5)26(28-25)16(3)4/h6-11,15-16,19-20,29H,12-14H2,1-5H3/b11-10+/t19-,20-/m1/s1. The summed E-state index contributed by atoms with van der Waals surface area (Å²) in [6.07, 6.45) is 2.88. The van der Waals surface area contributed by atoms with E-state index in [4.69, 9.17) is 14.5 Å². The van der Waals surface area contributed by atoms with E-state index >= 15 is 0 Å². The summed E-state index contributed by atoms with van der Waals surface area (Å²) in [7, 11) is 1.65. The molecule has 2 heterocycles. The molecule has 2 atom stereocenters. The minimum atomic E-state index is -0.711. The third-order valence-corrected chi connectivity index (χ3v) is 5.58. The Hall–Kier alpha value is -2.57. The highest BCUT2D eigenvalue weighted by atomic mass is 19.1. The zero-order chi connectivity index (χ0) is 23.4. The Morgan fingerprint density at radius 2 is 1.84 bits per heavy atom. The van der Waals surface area contributed by atoms with Crippen LogP contribution < -0.4 is 0 Å². The van der Waals surface area contributed by atoms with Gasteiger partial charge in [-0.1, -0.05) is 45.9 Å². The summed E-state index contributed by atoms with van der Waals surface area (Å²) in [5, 5.41) is 9.96. The molecule has 32 heavy (non-hydrogen) atoms. The van der Waals surface area contributed by atoms with Gasteiger partial charge in [0.05, 0.1) is 24.8 Å². The fourth-order valence-electron chi connectivity index (χ4n) is 4.13. The van der Waals surface area contributed by atoms with Crippen LogP contribution in [-0.4, -0.2) is 35.4 Å². The molecule has 3 rings (SSSR count). The molecule has 0 saturated carbocycles. The van der Waals surface area contributed by atoms with Gasteiger partial charge in [0.1, 0.15) is 11.9 Å². The summed E-state index contributed by atoms with van der Waals surface area (Å²) in [6, 6.07) is 6.42. The van der Waals surface area contributed by atoms with Crippen molar-refractivity contribution in [1.82, 2.24) is 4.98 Å². The quantitative estimate of drug-likeness (QED) is 0.586. The van der Waals surface area contributed by atoms with Gasteiger partial charge in [-0.3, -0.25) is 9.78 Å². The Kier molecular flexibility index (Phi) is 7.80. The highest BCUT2D eigenvalue weighted by Crippen LogP contribution is 2.38. The molecule has 1 saturated heterocycles. The van der Waals surface area contributed by atoms with Crippen molar-refractivity contribution in [2.45, 2.75) is 71.2 Å². The number of nitrogens with zero attached hydrogens (tertiary/aromatic N) is 1. The normalized spacial score (nSPS) is 19.2. The van der Waals surface area contributed by atoms with Crippen molar-refractivity contribution < 1.29 is 23.8 Å². The number of halogens is 1. The number of ether oxygens (including phenoxy) is 2. The van der Waals surface area contributed by atoms with Gasteiger partial charge in [0.25, 0.3) is 0 Å². The molecule has 6 heteroatoms.